The van der Waals surface area contributed by atoms with E-state index in [1.54, 1.807) is 11.1 Å². The second kappa shape index (κ2) is 5.06. The number of fused-ring (bicyclic) bond motifs is 6. The molecule has 0 amide bonds. The van der Waals surface area contributed by atoms with E-state index < -0.39 is 17.3 Å². The molecule has 2 heterocycles. The molecule has 0 unspecified atom stereocenters. The van der Waals surface area contributed by atoms with E-state index >= 15 is 0 Å². The van der Waals surface area contributed by atoms with Crippen molar-refractivity contribution in [3.05, 3.63) is 11.1 Å². The molecule has 24 heavy (non-hydrogen) atoms. The normalized spacial score (nSPS) is 53.5. The summed E-state index contributed by atoms with van der Waals surface area (Å²) >= 11 is 0. The molecular formula is C20H32O4. The number of allylic oxidation sites excluding steroid dienone is 2. The quantitative estimate of drug-likeness (QED) is 0.678. The maximum Gasteiger partial charge on any atom is 0.198 e. The minimum atomic E-state index is -1.53. The molecule has 4 aliphatic rings. The highest BCUT2D eigenvalue weighted by Crippen LogP contribution is 2.68. The average molecular weight is 336 g/mol. The summed E-state index contributed by atoms with van der Waals surface area (Å²) in [6.07, 6.45) is 3.82. The van der Waals surface area contributed by atoms with Crippen molar-refractivity contribution in [3.8, 4) is 0 Å². The highest BCUT2D eigenvalue weighted by molar-refractivity contribution is 5.37. The van der Waals surface area contributed by atoms with Crippen LogP contribution < -0.4 is 0 Å². The van der Waals surface area contributed by atoms with Crippen molar-refractivity contribution in [1.82, 2.24) is 0 Å². The van der Waals surface area contributed by atoms with Crippen LogP contribution in [0.3, 0.4) is 0 Å². The summed E-state index contributed by atoms with van der Waals surface area (Å²) in [5.41, 5.74) is 2.86. The Morgan fingerprint density at radius 2 is 1.92 bits per heavy atom. The second-order valence-corrected chi connectivity index (χ2v) is 9.50. The first-order valence-electron chi connectivity index (χ1n) is 9.60. The van der Waals surface area contributed by atoms with Gasteiger partial charge in [-0.05, 0) is 49.4 Å². The van der Waals surface area contributed by atoms with Gasteiger partial charge >= 0.3 is 0 Å². The van der Waals surface area contributed by atoms with Crippen LogP contribution in [0, 0.1) is 28.6 Å². The van der Waals surface area contributed by atoms with Crippen LogP contribution in [0.4, 0.5) is 0 Å². The second-order valence-electron chi connectivity index (χ2n) is 9.50. The molecule has 2 bridgehead atoms. The van der Waals surface area contributed by atoms with Crippen LogP contribution in [0.25, 0.3) is 0 Å². The van der Waals surface area contributed by atoms with Gasteiger partial charge in [-0.1, -0.05) is 38.8 Å². The first kappa shape index (κ1) is 17.0. The van der Waals surface area contributed by atoms with Gasteiger partial charge in [0.15, 0.2) is 5.79 Å². The van der Waals surface area contributed by atoms with Gasteiger partial charge < -0.3 is 20.1 Å². The van der Waals surface area contributed by atoms with Crippen LogP contribution in [-0.2, 0) is 4.74 Å². The van der Waals surface area contributed by atoms with E-state index in [0.717, 1.165) is 25.7 Å². The lowest BCUT2D eigenvalue weighted by Crippen LogP contribution is -2.62. The van der Waals surface area contributed by atoms with Gasteiger partial charge in [-0.2, -0.15) is 0 Å². The molecule has 0 aromatic heterocycles. The third kappa shape index (κ3) is 1.83. The average Bonchev–Trinajstić information content (AvgIpc) is 2.97. The van der Waals surface area contributed by atoms with Crippen molar-refractivity contribution in [1.29, 1.82) is 0 Å². The standard InChI is InChI=1S/C20H32O4/c1-11(2)12-5-6-18(3)7-8-19(4)14(16(12)18)9-15-13(10-21)17(22)20(19,23)24-15/h11,13-15,17,21-23H,5-10H2,1-4H3/t13-,14+,15+,17+,18+,19+,20+/m0/s1. The van der Waals surface area contributed by atoms with Crippen molar-refractivity contribution in [2.24, 2.45) is 28.6 Å². The fourth-order valence-electron chi connectivity index (χ4n) is 6.43. The van der Waals surface area contributed by atoms with Crippen LogP contribution in [0.5, 0.6) is 0 Å². The van der Waals surface area contributed by atoms with E-state index in [9.17, 15) is 15.3 Å². The summed E-state index contributed by atoms with van der Waals surface area (Å²) in [6, 6.07) is 0. The van der Waals surface area contributed by atoms with Gasteiger partial charge in [-0.15, -0.1) is 0 Å². The highest BCUT2D eigenvalue weighted by Gasteiger charge is 2.71. The molecule has 7 atom stereocenters. The zero-order valence-corrected chi connectivity index (χ0v) is 15.4. The smallest absolute Gasteiger partial charge is 0.198 e. The molecule has 0 spiro atoms. The van der Waals surface area contributed by atoms with Crippen molar-refractivity contribution in [3.63, 3.8) is 0 Å². The number of ether oxygens (including phenoxy) is 1. The number of hydrogen-bond donors (Lipinski definition) is 3. The molecule has 1 saturated carbocycles. The zero-order chi connectivity index (χ0) is 17.5. The lowest BCUT2D eigenvalue weighted by molar-refractivity contribution is -0.328. The number of rotatable bonds is 2. The first-order chi connectivity index (χ1) is 11.2. The molecule has 2 saturated heterocycles. The first-order valence-corrected chi connectivity index (χ1v) is 9.60. The van der Waals surface area contributed by atoms with E-state index in [1.807, 2.05) is 0 Å². The van der Waals surface area contributed by atoms with Gasteiger partial charge in [0.25, 0.3) is 0 Å². The third-order valence-electron chi connectivity index (χ3n) is 8.07. The van der Waals surface area contributed by atoms with Gasteiger partial charge in [0.05, 0.1) is 12.7 Å². The Bertz CT molecular complexity index is 584. The molecule has 4 rings (SSSR count). The molecule has 3 fully saturated rings. The predicted octanol–water partition coefficient (Wildman–Crippen LogP) is 2.62. The molecule has 3 N–H and O–H groups in total. The third-order valence-corrected chi connectivity index (χ3v) is 8.07. The van der Waals surface area contributed by atoms with E-state index in [1.165, 1.54) is 6.42 Å². The lowest BCUT2D eigenvalue weighted by atomic mass is 9.52. The van der Waals surface area contributed by atoms with Crippen molar-refractivity contribution >= 4 is 0 Å². The SMILES string of the molecule is CC(C)C1=C2[C@H]3C[C@H]4O[C@](O)([C@H](O)[C@H]4CO)[C@]3(C)CC[C@@]2(C)CC1. The summed E-state index contributed by atoms with van der Waals surface area (Å²) in [6.45, 7) is 8.89. The molecule has 0 aromatic carbocycles. The fourth-order valence-corrected chi connectivity index (χ4v) is 6.43. The molecule has 2 aliphatic carbocycles. The number of aliphatic hydroxyl groups is 3. The molecule has 2 aliphatic heterocycles. The van der Waals surface area contributed by atoms with Crippen molar-refractivity contribution in [2.45, 2.75) is 77.8 Å². The summed E-state index contributed by atoms with van der Waals surface area (Å²) in [7, 11) is 0. The van der Waals surface area contributed by atoms with E-state index in [4.69, 9.17) is 4.74 Å². The van der Waals surface area contributed by atoms with Gasteiger partial charge in [0.2, 0.25) is 0 Å². The molecule has 136 valence electrons. The Hall–Kier alpha value is -0.420. The minimum absolute atomic E-state index is 0.135. The molecular weight excluding hydrogens is 304 g/mol. The molecule has 4 heteroatoms. The van der Waals surface area contributed by atoms with Gasteiger partial charge in [-0.25, -0.2) is 0 Å². The summed E-state index contributed by atoms with van der Waals surface area (Å²) in [5.74, 6) is -1.15. The molecule has 0 aromatic rings. The maximum atomic E-state index is 11.4. The summed E-state index contributed by atoms with van der Waals surface area (Å²) < 4.78 is 5.97. The van der Waals surface area contributed by atoms with Gasteiger partial charge in [-0.3, -0.25) is 0 Å². The van der Waals surface area contributed by atoms with Crippen LogP contribution in [0.2, 0.25) is 0 Å². The predicted molar refractivity (Wildman–Crippen MR) is 91.1 cm³/mol. The van der Waals surface area contributed by atoms with E-state index in [2.05, 4.69) is 27.7 Å². The lowest BCUT2D eigenvalue weighted by Gasteiger charge is -2.58. The van der Waals surface area contributed by atoms with E-state index in [0.29, 0.717) is 5.92 Å². The van der Waals surface area contributed by atoms with Crippen molar-refractivity contribution < 1.29 is 20.1 Å². The topological polar surface area (TPSA) is 69.9 Å². The summed E-state index contributed by atoms with van der Waals surface area (Å²) in [4.78, 5) is 0. The highest BCUT2D eigenvalue weighted by atomic mass is 16.7. The van der Waals surface area contributed by atoms with Crippen LogP contribution in [0.1, 0.15) is 59.8 Å². The zero-order valence-electron chi connectivity index (χ0n) is 15.4. The Kier molecular flexibility index (Phi) is 3.59. The minimum Gasteiger partial charge on any atom is -0.396 e. The Balaban J connectivity index is 1.85. The Labute approximate surface area is 144 Å². The Morgan fingerprint density at radius 1 is 1.21 bits per heavy atom. The van der Waals surface area contributed by atoms with Crippen LogP contribution in [-0.4, -0.2) is 39.9 Å². The largest absolute Gasteiger partial charge is 0.396 e. The van der Waals surface area contributed by atoms with Gasteiger partial charge in [0.1, 0.15) is 6.10 Å². The van der Waals surface area contributed by atoms with Crippen LogP contribution in [0.15, 0.2) is 11.1 Å². The van der Waals surface area contributed by atoms with Crippen molar-refractivity contribution in [2.75, 3.05) is 6.61 Å². The van der Waals surface area contributed by atoms with Crippen LogP contribution >= 0.6 is 0 Å². The number of aliphatic hydroxyl groups excluding tert-OH is 2. The summed E-state index contributed by atoms with van der Waals surface area (Å²) in [5, 5.41) is 31.9. The fraction of sp³-hybridized carbons (Fsp3) is 0.900. The van der Waals surface area contributed by atoms with Gasteiger partial charge in [0, 0.05) is 11.3 Å². The molecule has 4 nitrogen and oxygen atoms in total. The van der Waals surface area contributed by atoms with E-state index in [-0.39, 0.29) is 30.0 Å². The maximum absolute atomic E-state index is 11.4. The monoisotopic (exact) mass is 336 g/mol. The Morgan fingerprint density at radius 3 is 2.54 bits per heavy atom. The number of hydrogen-bond acceptors (Lipinski definition) is 4. The molecule has 0 radical (unpaired) electrons.